The zero-order chi connectivity index (χ0) is 18.1. The van der Waals surface area contributed by atoms with Gasteiger partial charge in [0.1, 0.15) is 5.75 Å². The summed E-state index contributed by atoms with van der Waals surface area (Å²) in [5, 5.41) is 2.78. The molecule has 0 aliphatic heterocycles. The lowest BCUT2D eigenvalue weighted by molar-refractivity contribution is -0.120. The van der Waals surface area contributed by atoms with Crippen molar-refractivity contribution in [2.24, 2.45) is 0 Å². The monoisotopic (exact) mass is 362 g/mol. The van der Waals surface area contributed by atoms with Gasteiger partial charge in [0.15, 0.2) is 0 Å². The average Bonchev–Trinajstić information content (AvgIpc) is 2.62. The van der Waals surface area contributed by atoms with Gasteiger partial charge in [-0.1, -0.05) is 30.3 Å². The van der Waals surface area contributed by atoms with Crippen LogP contribution in [-0.2, 0) is 21.2 Å². The second-order valence-corrected chi connectivity index (χ2v) is 7.18. The maximum absolute atomic E-state index is 12.1. The molecule has 0 bridgehead atoms. The smallest absolute Gasteiger partial charge is 0.240 e. The number of methoxy groups -OCH3 is 1. The SMILES string of the molecule is COc1ccc(S(=O)(=O)NCCC(=O)NCCc2ccccc2)cc1. The zero-order valence-corrected chi connectivity index (χ0v) is 14.9. The van der Waals surface area contributed by atoms with E-state index >= 15 is 0 Å². The minimum atomic E-state index is -3.63. The average molecular weight is 362 g/mol. The van der Waals surface area contributed by atoms with Crippen molar-refractivity contribution >= 4 is 15.9 Å². The molecule has 2 N–H and O–H groups in total. The van der Waals surface area contributed by atoms with Gasteiger partial charge in [-0.05, 0) is 36.2 Å². The van der Waals surface area contributed by atoms with Crippen molar-refractivity contribution in [1.82, 2.24) is 10.0 Å². The van der Waals surface area contributed by atoms with Crippen molar-refractivity contribution in [3.05, 3.63) is 60.2 Å². The predicted octanol–water partition coefficient (Wildman–Crippen LogP) is 1.72. The highest BCUT2D eigenvalue weighted by molar-refractivity contribution is 7.89. The molecule has 7 heteroatoms. The number of amides is 1. The first kappa shape index (κ1) is 19.0. The Morgan fingerprint density at radius 3 is 2.32 bits per heavy atom. The van der Waals surface area contributed by atoms with Crippen molar-refractivity contribution < 1.29 is 17.9 Å². The van der Waals surface area contributed by atoms with Gasteiger partial charge in [-0.3, -0.25) is 4.79 Å². The Kier molecular flexibility index (Phi) is 6.97. The Balaban J connectivity index is 1.72. The van der Waals surface area contributed by atoms with E-state index in [4.69, 9.17) is 4.74 Å². The Morgan fingerprint density at radius 2 is 1.68 bits per heavy atom. The molecule has 0 fully saturated rings. The number of hydrogen-bond donors (Lipinski definition) is 2. The van der Waals surface area contributed by atoms with Crippen LogP contribution >= 0.6 is 0 Å². The number of rotatable bonds is 9. The molecule has 25 heavy (non-hydrogen) atoms. The number of nitrogens with one attached hydrogen (secondary N) is 2. The summed E-state index contributed by atoms with van der Waals surface area (Å²) in [5.41, 5.74) is 1.14. The molecule has 0 saturated heterocycles. The van der Waals surface area contributed by atoms with Crippen LogP contribution < -0.4 is 14.8 Å². The van der Waals surface area contributed by atoms with Crippen LogP contribution in [-0.4, -0.2) is 34.5 Å². The van der Waals surface area contributed by atoms with Crippen LogP contribution in [0.25, 0.3) is 0 Å². The standard InChI is InChI=1S/C18H22N2O4S/c1-24-16-7-9-17(10-8-16)25(22,23)20-14-12-18(21)19-13-11-15-5-3-2-4-6-15/h2-10,20H,11-14H2,1H3,(H,19,21). The fourth-order valence-electron chi connectivity index (χ4n) is 2.22. The van der Waals surface area contributed by atoms with E-state index in [2.05, 4.69) is 10.0 Å². The van der Waals surface area contributed by atoms with Gasteiger partial charge in [0.05, 0.1) is 12.0 Å². The second kappa shape index (κ2) is 9.19. The summed E-state index contributed by atoms with van der Waals surface area (Å²) in [7, 11) is -2.12. The third-order valence-corrected chi connectivity index (χ3v) is 5.07. The van der Waals surface area contributed by atoms with Gasteiger partial charge in [-0.25, -0.2) is 13.1 Å². The Bertz CT molecular complexity index is 774. The van der Waals surface area contributed by atoms with Gasteiger partial charge in [-0.2, -0.15) is 0 Å². The largest absolute Gasteiger partial charge is 0.497 e. The molecule has 0 unspecified atom stereocenters. The number of sulfonamides is 1. The summed E-state index contributed by atoms with van der Waals surface area (Å²) in [5.74, 6) is 0.394. The van der Waals surface area contributed by atoms with E-state index in [0.29, 0.717) is 12.3 Å². The molecule has 0 aliphatic carbocycles. The molecule has 0 saturated carbocycles. The van der Waals surface area contributed by atoms with Crippen LogP contribution in [0, 0.1) is 0 Å². The van der Waals surface area contributed by atoms with Crippen molar-refractivity contribution in [1.29, 1.82) is 0 Å². The maximum atomic E-state index is 12.1. The van der Waals surface area contributed by atoms with Crippen LogP contribution in [0.4, 0.5) is 0 Å². The predicted molar refractivity (Wildman–Crippen MR) is 96.0 cm³/mol. The fourth-order valence-corrected chi connectivity index (χ4v) is 3.25. The number of carbonyl (C=O) groups is 1. The van der Waals surface area contributed by atoms with E-state index < -0.39 is 10.0 Å². The van der Waals surface area contributed by atoms with Gasteiger partial charge >= 0.3 is 0 Å². The normalized spacial score (nSPS) is 11.1. The molecule has 2 rings (SSSR count). The number of ether oxygens (including phenoxy) is 1. The topological polar surface area (TPSA) is 84.5 Å². The summed E-state index contributed by atoms with van der Waals surface area (Å²) < 4.78 is 31.7. The summed E-state index contributed by atoms with van der Waals surface area (Å²) >= 11 is 0. The zero-order valence-electron chi connectivity index (χ0n) is 14.1. The van der Waals surface area contributed by atoms with E-state index in [1.54, 1.807) is 12.1 Å². The summed E-state index contributed by atoms with van der Waals surface area (Å²) in [6, 6.07) is 15.9. The third-order valence-electron chi connectivity index (χ3n) is 3.59. The first-order valence-electron chi connectivity index (χ1n) is 7.95. The summed E-state index contributed by atoms with van der Waals surface area (Å²) in [4.78, 5) is 11.9. The molecule has 0 radical (unpaired) electrons. The lowest BCUT2D eigenvalue weighted by Crippen LogP contribution is -2.31. The highest BCUT2D eigenvalue weighted by Crippen LogP contribution is 2.15. The van der Waals surface area contributed by atoms with Gasteiger partial charge in [0.2, 0.25) is 15.9 Å². The maximum Gasteiger partial charge on any atom is 0.240 e. The highest BCUT2D eigenvalue weighted by atomic mass is 32.2. The van der Waals surface area contributed by atoms with Crippen LogP contribution in [0.15, 0.2) is 59.5 Å². The van der Waals surface area contributed by atoms with Crippen molar-refractivity contribution in [3.63, 3.8) is 0 Å². The fraction of sp³-hybridized carbons (Fsp3) is 0.278. The van der Waals surface area contributed by atoms with E-state index in [1.807, 2.05) is 30.3 Å². The quantitative estimate of drug-likeness (QED) is 0.711. The Hall–Kier alpha value is -2.38. The minimum absolute atomic E-state index is 0.0472. The highest BCUT2D eigenvalue weighted by Gasteiger charge is 2.14. The van der Waals surface area contributed by atoms with E-state index in [9.17, 15) is 13.2 Å². The van der Waals surface area contributed by atoms with Crippen LogP contribution in [0.3, 0.4) is 0 Å². The molecule has 0 heterocycles. The minimum Gasteiger partial charge on any atom is -0.497 e. The lowest BCUT2D eigenvalue weighted by atomic mass is 10.1. The molecule has 134 valence electrons. The second-order valence-electron chi connectivity index (χ2n) is 5.41. The summed E-state index contributed by atoms with van der Waals surface area (Å²) in [6.07, 6.45) is 0.828. The number of benzene rings is 2. The van der Waals surface area contributed by atoms with Crippen LogP contribution in [0.1, 0.15) is 12.0 Å². The first-order chi connectivity index (χ1) is 12.0. The van der Waals surface area contributed by atoms with Crippen LogP contribution in [0.5, 0.6) is 5.75 Å². The van der Waals surface area contributed by atoms with Crippen LogP contribution in [0.2, 0.25) is 0 Å². The third kappa shape index (κ3) is 6.21. The molecule has 6 nitrogen and oxygen atoms in total. The van der Waals surface area contributed by atoms with Gasteiger partial charge in [0, 0.05) is 19.5 Å². The molecule has 0 aromatic heterocycles. The molecule has 0 aliphatic rings. The van der Waals surface area contributed by atoms with E-state index in [1.165, 1.54) is 19.2 Å². The first-order valence-corrected chi connectivity index (χ1v) is 9.44. The van der Waals surface area contributed by atoms with Crippen molar-refractivity contribution in [2.75, 3.05) is 20.2 Å². The molecule has 0 atom stereocenters. The van der Waals surface area contributed by atoms with Gasteiger partial charge in [0.25, 0.3) is 0 Å². The lowest BCUT2D eigenvalue weighted by Gasteiger charge is -2.08. The van der Waals surface area contributed by atoms with E-state index in [0.717, 1.165) is 12.0 Å². The molecular formula is C18H22N2O4S. The van der Waals surface area contributed by atoms with Gasteiger partial charge in [-0.15, -0.1) is 0 Å². The van der Waals surface area contributed by atoms with Crippen molar-refractivity contribution in [2.45, 2.75) is 17.7 Å². The molecular weight excluding hydrogens is 340 g/mol. The summed E-state index contributed by atoms with van der Waals surface area (Å²) in [6.45, 7) is 0.569. The number of hydrogen-bond acceptors (Lipinski definition) is 4. The Morgan fingerprint density at radius 1 is 1.00 bits per heavy atom. The number of carbonyl (C=O) groups excluding carboxylic acids is 1. The molecule has 1 amide bonds. The Labute approximate surface area is 148 Å². The van der Waals surface area contributed by atoms with Gasteiger partial charge < -0.3 is 10.1 Å². The molecule has 0 spiro atoms. The van der Waals surface area contributed by atoms with E-state index in [-0.39, 0.29) is 23.8 Å². The van der Waals surface area contributed by atoms with Crippen molar-refractivity contribution in [3.8, 4) is 5.75 Å². The molecule has 2 aromatic rings. The molecule has 2 aromatic carbocycles.